The summed E-state index contributed by atoms with van der Waals surface area (Å²) in [6, 6.07) is 17.8. The van der Waals surface area contributed by atoms with Gasteiger partial charge in [0.1, 0.15) is 11.5 Å². The lowest BCUT2D eigenvalue weighted by atomic mass is 10.2. The van der Waals surface area contributed by atoms with Gasteiger partial charge in [-0.3, -0.25) is 0 Å². The lowest BCUT2D eigenvalue weighted by Gasteiger charge is -2.05. The average molecular weight is 289 g/mol. The topological polar surface area (TPSA) is 9.23 Å². The van der Waals surface area contributed by atoms with Gasteiger partial charge in [-0.15, -0.1) is 0 Å². The molecular weight excluding hydrogens is 276 g/mol. The van der Waals surface area contributed by atoms with Crippen LogP contribution in [-0.2, 0) is 0 Å². The summed E-state index contributed by atoms with van der Waals surface area (Å²) >= 11 is 3.36. The van der Waals surface area contributed by atoms with Gasteiger partial charge >= 0.3 is 0 Å². The van der Waals surface area contributed by atoms with Crippen LogP contribution in [0.25, 0.3) is 6.08 Å². The average Bonchev–Trinajstić information content (AvgIpc) is 2.38. The first kappa shape index (κ1) is 11.9. The summed E-state index contributed by atoms with van der Waals surface area (Å²) in [6.45, 7) is 0. The Morgan fingerprint density at radius 3 is 2.47 bits per heavy atom. The van der Waals surface area contributed by atoms with Crippen molar-refractivity contribution in [3.05, 3.63) is 66.2 Å². The molecule has 0 amide bonds. The fourth-order valence-corrected chi connectivity index (χ4v) is 1.67. The molecule has 86 valence electrons. The van der Waals surface area contributed by atoms with Crippen LogP contribution in [0.4, 0.5) is 0 Å². The van der Waals surface area contributed by atoms with Crippen LogP contribution in [0.3, 0.4) is 0 Å². The SMILES string of the molecule is BrCC=Cc1cccc(Oc2ccccc2)c1. The molecule has 1 nitrogen and oxygen atoms in total. The Kier molecular flexibility index (Phi) is 4.39. The second-order valence-electron chi connectivity index (χ2n) is 3.54. The molecule has 0 aliphatic carbocycles. The van der Waals surface area contributed by atoms with Crippen LogP contribution in [0, 0.1) is 0 Å². The number of hydrogen-bond donors (Lipinski definition) is 0. The molecule has 2 heteroatoms. The van der Waals surface area contributed by atoms with Gasteiger partial charge in [0.15, 0.2) is 0 Å². The fourth-order valence-electron chi connectivity index (χ4n) is 1.49. The molecule has 0 aliphatic heterocycles. The molecule has 0 spiro atoms. The van der Waals surface area contributed by atoms with Crippen molar-refractivity contribution < 1.29 is 4.74 Å². The second-order valence-corrected chi connectivity index (χ2v) is 4.19. The van der Waals surface area contributed by atoms with Gasteiger partial charge in [0, 0.05) is 5.33 Å². The van der Waals surface area contributed by atoms with E-state index in [1.165, 1.54) is 0 Å². The van der Waals surface area contributed by atoms with E-state index in [0.717, 1.165) is 22.4 Å². The first-order chi connectivity index (χ1) is 8.38. The predicted octanol–water partition coefficient (Wildman–Crippen LogP) is 4.89. The number of halogens is 1. The Hall–Kier alpha value is -1.54. The number of para-hydroxylation sites is 1. The van der Waals surface area contributed by atoms with Crippen molar-refractivity contribution in [3.8, 4) is 11.5 Å². The lowest BCUT2D eigenvalue weighted by molar-refractivity contribution is 0.482. The molecule has 0 unspecified atom stereocenters. The Morgan fingerprint density at radius 2 is 1.71 bits per heavy atom. The summed E-state index contributed by atoms with van der Waals surface area (Å²) in [5.74, 6) is 1.71. The van der Waals surface area contributed by atoms with Gasteiger partial charge in [-0.05, 0) is 29.8 Å². The third kappa shape index (κ3) is 3.75. The number of alkyl halides is 1. The Bertz CT molecular complexity index is 491. The van der Waals surface area contributed by atoms with E-state index in [1.54, 1.807) is 0 Å². The maximum atomic E-state index is 5.75. The molecule has 0 saturated carbocycles. The molecule has 2 rings (SSSR count). The summed E-state index contributed by atoms with van der Waals surface area (Å²) in [4.78, 5) is 0. The van der Waals surface area contributed by atoms with E-state index < -0.39 is 0 Å². The summed E-state index contributed by atoms with van der Waals surface area (Å²) in [6.07, 6.45) is 4.12. The predicted molar refractivity (Wildman–Crippen MR) is 75.8 cm³/mol. The maximum absolute atomic E-state index is 5.75. The molecule has 0 aromatic heterocycles. The quantitative estimate of drug-likeness (QED) is 0.728. The molecule has 0 heterocycles. The first-order valence-electron chi connectivity index (χ1n) is 5.44. The summed E-state index contributed by atoms with van der Waals surface area (Å²) < 4.78 is 5.75. The number of hydrogen-bond acceptors (Lipinski definition) is 1. The van der Waals surface area contributed by atoms with Gasteiger partial charge in [-0.25, -0.2) is 0 Å². The number of rotatable bonds is 4. The molecule has 2 aromatic carbocycles. The molecule has 0 atom stereocenters. The van der Waals surface area contributed by atoms with Crippen LogP contribution in [0.15, 0.2) is 60.7 Å². The minimum Gasteiger partial charge on any atom is -0.457 e. The highest BCUT2D eigenvalue weighted by Crippen LogP contribution is 2.22. The highest BCUT2D eigenvalue weighted by Gasteiger charge is 1.96. The zero-order valence-corrected chi connectivity index (χ0v) is 10.9. The van der Waals surface area contributed by atoms with E-state index in [9.17, 15) is 0 Å². The van der Waals surface area contributed by atoms with Gasteiger partial charge in [0.2, 0.25) is 0 Å². The molecule has 0 saturated heterocycles. The molecule has 0 aliphatic rings. The summed E-state index contributed by atoms with van der Waals surface area (Å²) in [7, 11) is 0. The number of ether oxygens (including phenoxy) is 1. The zero-order valence-electron chi connectivity index (χ0n) is 9.34. The summed E-state index contributed by atoms with van der Waals surface area (Å²) in [5, 5.41) is 0.858. The Balaban J connectivity index is 2.14. The first-order valence-corrected chi connectivity index (χ1v) is 6.56. The number of allylic oxidation sites excluding steroid dienone is 1. The number of benzene rings is 2. The van der Waals surface area contributed by atoms with Gasteiger partial charge < -0.3 is 4.74 Å². The molecule has 2 aromatic rings. The van der Waals surface area contributed by atoms with Crippen LogP contribution in [0.1, 0.15) is 5.56 Å². The molecule has 17 heavy (non-hydrogen) atoms. The smallest absolute Gasteiger partial charge is 0.128 e. The van der Waals surface area contributed by atoms with Crippen LogP contribution < -0.4 is 4.74 Å². The molecule has 0 radical (unpaired) electrons. The van der Waals surface area contributed by atoms with Gasteiger partial charge in [0.25, 0.3) is 0 Å². The fraction of sp³-hybridized carbons (Fsp3) is 0.0667. The molecular formula is C15H13BrO. The third-order valence-corrected chi connectivity index (χ3v) is 2.61. The maximum Gasteiger partial charge on any atom is 0.128 e. The van der Waals surface area contributed by atoms with E-state index in [0.29, 0.717) is 0 Å². The van der Waals surface area contributed by atoms with Crippen molar-refractivity contribution in [2.75, 3.05) is 5.33 Å². The van der Waals surface area contributed by atoms with Crippen molar-refractivity contribution in [1.29, 1.82) is 0 Å². The Labute approximate surface area is 110 Å². The lowest BCUT2D eigenvalue weighted by Crippen LogP contribution is -1.83. The minimum absolute atomic E-state index is 0.855. The van der Waals surface area contributed by atoms with Crippen molar-refractivity contribution in [3.63, 3.8) is 0 Å². The normalized spacial score (nSPS) is 10.6. The van der Waals surface area contributed by atoms with Crippen molar-refractivity contribution in [1.82, 2.24) is 0 Å². The van der Waals surface area contributed by atoms with Crippen molar-refractivity contribution in [2.24, 2.45) is 0 Å². The van der Waals surface area contributed by atoms with Crippen LogP contribution >= 0.6 is 15.9 Å². The minimum atomic E-state index is 0.855. The molecule has 0 N–H and O–H groups in total. The Morgan fingerprint density at radius 1 is 0.941 bits per heavy atom. The van der Waals surface area contributed by atoms with E-state index in [4.69, 9.17) is 4.74 Å². The van der Waals surface area contributed by atoms with E-state index in [2.05, 4.69) is 34.1 Å². The van der Waals surface area contributed by atoms with Gasteiger partial charge in [-0.2, -0.15) is 0 Å². The monoisotopic (exact) mass is 288 g/mol. The van der Waals surface area contributed by atoms with Crippen LogP contribution in [0.5, 0.6) is 11.5 Å². The second kappa shape index (κ2) is 6.26. The van der Waals surface area contributed by atoms with Crippen LogP contribution in [-0.4, -0.2) is 5.33 Å². The van der Waals surface area contributed by atoms with E-state index in [-0.39, 0.29) is 0 Å². The molecule has 0 fully saturated rings. The largest absolute Gasteiger partial charge is 0.457 e. The zero-order chi connectivity index (χ0) is 11.9. The highest BCUT2D eigenvalue weighted by molar-refractivity contribution is 9.09. The molecule has 0 bridgehead atoms. The van der Waals surface area contributed by atoms with Crippen molar-refractivity contribution >= 4 is 22.0 Å². The summed E-state index contributed by atoms with van der Waals surface area (Å²) in [5.41, 5.74) is 1.14. The van der Waals surface area contributed by atoms with E-state index in [1.807, 2.05) is 48.5 Å². The third-order valence-electron chi connectivity index (χ3n) is 2.24. The van der Waals surface area contributed by atoms with Crippen molar-refractivity contribution in [2.45, 2.75) is 0 Å². The van der Waals surface area contributed by atoms with Gasteiger partial charge in [0.05, 0.1) is 0 Å². The van der Waals surface area contributed by atoms with Gasteiger partial charge in [-0.1, -0.05) is 58.4 Å². The van der Waals surface area contributed by atoms with Crippen LogP contribution in [0.2, 0.25) is 0 Å². The van der Waals surface area contributed by atoms with E-state index >= 15 is 0 Å². The standard InChI is InChI=1S/C15H13BrO/c16-11-5-7-13-6-4-10-15(12-13)17-14-8-2-1-3-9-14/h1-10,12H,11H2. The highest BCUT2D eigenvalue weighted by atomic mass is 79.9.